The summed E-state index contributed by atoms with van der Waals surface area (Å²) < 4.78 is 5.38. The number of unbranched alkanes of at least 4 members (excludes halogenated alkanes) is 1. The van der Waals surface area contributed by atoms with Gasteiger partial charge in [0.25, 0.3) is 0 Å². The first kappa shape index (κ1) is 19.2. The Bertz CT molecular complexity index is 830. The SMILES string of the molecule is CCCC[C@@H]1C(=O)c2ccccc2N(C(=O)OCC)[C@H]1c1cccc(C)c1. The number of hydrogen-bond donors (Lipinski definition) is 0. The fourth-order valence-electron chi connectivity index (χ4n) is 3.92. The van der Waals surface area contributed by atoms with Crippen LogP contribution in [0.4, 0.5) is 10.5 Å². The number of benzene rings is 2. The molecule has 3 rings (SSSR count). The molecule has 0 N–H and O–H groups in total. The summed E-state index contributed by atoms with van der Waals surface area (Å²) in [4.78, 5) is 28.0. The molecule has 0 saturated carbocycles. The van der Waals surface area contributed by atoms with Gasteiger partial charge >= 0.3 is 6.09 Å². The monoisotopic (exact) mass is 365 g/mol. The third-order valence-electron chi connectivity index (χ3n) is 5.14. The van der Waals surface area contributed by atoms with Crippen molar-refractivity contribution in [2.45, 2.75) is 46.1 Å². The molecule has 0 aliphatic carbocycles. The van der Waals surface area contributed by atoms with Crippen LogP contribution in [-0.2, 0) is 4.74 Å². The maximum absolute atomic E-state index is 13.3. The van der Waals surface area contributed by atoms with Crippen molar-refractivity contribution in [1.82, 2.24) is 0 Å². The highest BCUT2D eigenvalue weighted by Crippen LogP contribution is 2.44. The number of anilines is 1. The number of para-hydroxylation sites is 1. The average molecular weight is 365 g/mol. The van der Waals surface area contributed by atoms with E-state index in [1.165, 1.54) is 0 Å². The van der Waals surface area contributed by atoms with E-state index < -0.39 is 6.09 Å². The summed E-state index contributed by atoms with van der Waals surface area (Å²) in [7, 11) is 0. The van der Waals surface area contributed by atoms with E-state index in [0.717, 1.165) is 30.4 Å². The van der Waals surface area contributed by atoms with Crippen molar-refractivity contribution >= 4 is 17.6 Å². The number of rotatable bonds is 5. The first-order valence-corrected chi connectivity index (χ1v) is 9.74. The molecule has 4 heteroatoms. The zero-order chi connectivity index (χ0) is 19.4. The van der Waals surface area contributed by atoms with Gasteiger partial charge in [0.05, 0.1) is 18.3 Å². The molecular weight excluding hydrogens is 338 g/mol. The van der Waals surface area contributed by atoms with Crippen LogP contribution in [0.2, 0.25) is 0 Å². The summed E-state index contributed by atoms with van der Waals surface area (Å²) in [6.45, 7) is 6.24. The minimum atomic E-state index is -0.398. The normalized spacial score (nSPS) is 18.9. The molecular formula is C23H27NO3. The first-order valence-electron chi connectivity index (χ1n) is 9.74. The van der Waals surface area contributed by atoms with Crippen LogP contribution in [0.5, 0.6) is 0 Å². The Hall–Kier alpha value is -2.62. The Morgan fingerprint density at radius 1 is 1.11 bits per heavy atom. The van der Waals surface area contributed by atoms with Crippen LogP contribution in [0, 0.1) is 12.8 Å². The highest BCUT2D eigenvalue weighted by molar-refractivity contribution is 6.09. The molecule has 2 aromatic rings. The van der Waals surface area contributed by atoms with E-state index in [1.54, 1.807) is 11.8 Å². The van der Waals surface area contributed by atoms with Gasteiger partial charge in [-0.25, -0.2) is 4.79 Å². The van der Waals surface area contributed by atoms with Gasteiger partial charge in [-0.15, -0.1) is 0 Å². The summed E-state index contributed by atoms with van der Waals surface area (Å²) in [6, 6.07) is 15.1. The molecule has 0 unspecified atom stereocenters. The van der Waals surface area contributed by atoms with Gasteiger partial charge in [-0.05, 0) is 38.0 Å². The fourth-order valence-corrected chi connectivity index (χ4v) is 3.92. The van der Waals surface area contributed by atoms with E-state index in [1.807, 2.05) is 49.4 Å². The molecule has 1 amide bonds. The maximum Gasteiger partial charge on any atom is 0.414 e. The minimum absolute atomic E-state index is 0.117. The number of carbonyl (C=O) groups excluding carboxylic acids is 2. The van der Waals surface area contributed by atoms with Gasteiger partial charge < -0.3 is 4.74 Å². The van der Waals surface area contributed by atoms with Crippen molar-refractivity contribution in [3.63, 3.8) is 0 Å². The van der Waals surface area contributed by atoms with Crippen molar-refractivity contribution in [3.8, 4) is 0 Å². The van der Waals surface area contributed by atoms with Gasteiger partial charge in [0.2, 0.25) is 0 Å². The van der Waals surface area contributed by atoms with Crippen molar-refractivity contribution in [2.24, 2.45) is 5.92 Å². The summed E-state index contributed by atoms with van der Waals surface area (Å²) in [5, 5.41) is 0. The van der Waals surface area contributed by atoms with Crippen molar-refractivity contribution < 1.29 is 14.3 Å². The van der Waals surface area contributed by atoms with Gasteiger partial charge in [-0.2, -0.15) is 0 Å². The second-order valence-electron chi connectivity index (χ2n) is 7.06. The Kier molecular flexibility index (Phi) is 5.94. The molecule has 0 fully saturated rings. The third kappa shape index (κ3) is 3.75. The zero-order valence-electron chi connectivity index (χ0n) is 16.3. The molecule has 0 spiro atoms. The van der Waals surface area contributed by atoms with E-state index >= 15 is 0 Å². The quantitative estimate of drug-likeness (QED) is 0.682. The van der Waals surface area contributed by atoms with Gasteiger partial charge in [-0.1, -0.05) is 61.7 Å². The molecule has 27 heavy (non-hydrogen) atoms. The predicted molar refractivity (Wildman–Crippen MR) is 107 cm³/mol. The highest BCUT2D eigenvalue weighted by atomic mass is 16.6. The topological polar surface area (TPSA) is 46.6 Å². The maximum atomic E-state index is 13.3. The lowest BCUT2D eigenvalue weighted by Crippen LogP contribution is -2.46. The lowest BCUT2D eigenvalue weighted by Gasteiger charge is -2.41. The van der Waals surface area contributed by atoms with Crippen molar-refractivity contribution in [1.29, 1.82) is 0 Å². The Labute approximate surface area is 161 Å². The summed E-state index contributed by atoms with van der Waals surface area (Å²) in [5.41, 5.74) is 3.33. The zero-order valence-corrected chi connectivity index (χ0v) is 16.3. The number of amides is 1. The number of carbonyl (C=O) groups is 2. The number of aryl methyl sites for hydroxylation is 1. The highest BCUT2D eigenvalue weighted by Gasteiger charge is 2.43. The molecule has 2 atom stereocenters. The number of fused-ring (bicyclic) bond motifs is 1. The van der Waals surface area contributed by atoms with E-state index in [4.69, 9.17) is 4.74 Å². The lowest BCUT2D eigenvalue weighted by molar-refractivity contribution is 0.0870. The number of hydrogen-bond acceptors (Lipinski definition) is 3. The third-order valence-corrected chi connectivity index (χ3v) is 5.14. The van der Waals surface area contributed by atoms with E-state index in [9.17, 15) is 9.59 Å². The van der Waals surface area contributed by atoms with E-state index in [2.05, 4.69) is 13.0 Å². The average Bonchev–Trinajstić information content (AvgIpc) is 2.67. The first-order chi connectivity index (χ1) is 13.1. The number of ether oxygens (including phenoxy) is 1. The van der Waals surface area contributed by atoms with Crippen LogP contribution in [0.1, 0.15) is 60.6 Å². The van der Waals surface area contributed by atoms with Crippen LogP contribution >= 0.6 is 0 Å². The number of ketones is 1. The standard InChI is InChI=1S/C23H27NO3/c1-4-6-12-19-21(17-11-9-10-16(3)15-17)24(23(26)27-5-2)20-14-8-7-13-18(20)22(19)25/h7-11,13-15,19,21H,4-6,12H2,1-3H3/t19-,21-/m0/s1. The molecule has 0 bridgehead atoms. The fraction of sp³-hybridized carbons (Fsp3) is 0.391. The van der Waals surface area contributed by atoms with Crippen molar-refractivity contribution in [2.75, 3.05) is 11.5 Å². The van der Waals surface area contributed by atoms with Crippen molar-refractivity contribution in [3.05, 3.63) is 65.2 Å². The summed E-state index contributed by atoms with van der Waals surface area (Å²) in [6.07, 6.45) is 2.30. The molecule has 0 saturated heterocycles. The smallest absolute Gasteiger partial charge is 0.414 e. The van der Waals surface area contributed by atoms with E-state index in [-0.39, 0.29) is 17.7 Å². The minimum Gasteiger partial charge on any atom is -0.449 e. The van der Waals surface area contributed by atoms with Gasteiger partial charge in [0, 0.05) is 11.5 Å². The molecule has 1 aliphatic rings. The van der Waals surface area contributed by atoms with E-state index in [0.29, 0.717) is 17.9 Å². The number of nitrogens with zero attached hydrogens (tertiary/aromatic N) is 1. The molecule has 0 radical (unpaired) electrons. The van der Waals surface area contributed by atoms with Gasteiger partial charge in [0.1, 0.15) is 0 Å². The van der Waals surface area contributed by atoms with Crippen LogP contribution in [-0.4, -0.2) is 18.5 Å². The van der Waals surface area contributed by atoms with Crippen LogP contribution in [0.25, 0.3) is 0 Å². The second-order valence-corrected chi connectivity index (χ2v) is 7.06. The Morgan fingerprint density at radius 2 is 1.89 bits per heavy atom. The van der Waals surface area contributed by atoms with Crippen LogP contribution < -0.4 is 4.90 Å². The molecule has 2 aromatic carbocycles. The van der Waals surface area contributed by atoms with Gasteiger partial charge in [0.15, 0.2) is 5.78 Å². The molecule has 4 nitrogen and oxygen atoms in total. The lowest BCUT2D eigenvalue weighted by atomic mass is 9.78. The summed E-state index contributed by atoms with van der Waals surface area (Å²) >= 11 is 0. The Balaban J connectivity index is 2.18. The number of Topliss-reactive ketones (excluding diaryl/α,β-unsaturated/α-hetero) is 1. The predicted octanol–water partition coefficient (Wildman–Crippen LogP) is 5.70. The Morgan fingerprint density at radius 3 is 2.59 bits per heavy atom. The van der Waals surface area contributed by atoms with Gasteiger partial charge in [-0.3, -0.25) is 9.69 Å². The molecule has 1 heterocycles. The van der Waals surface area contributed by atoms with Crippen LogP contribution in [0.15, 0.2) is 48.5 Å². The second kappa shape index (κ2) is 8.38. The molecule has 1 aliphatic heterocycles. The molecule has 0 aromatic heterocycles. The largest absolute Gasteiger partial charge is 0.449 e. The summed E-state index contributed by atoms with van der Waals surface area (Å²) in [5.74, 6) is -0.155. The van der Waals surface area contributed by atoms with Crippen LogP contribution in [0.3, 0.4) is 0 Å². The molecule has 142 valence electrons.